The first kappa shape index (κ1) is 11.6. The highest BCUT2D eigenvalue weighted by Crippen LogP contribution is 2.32. The van der Waals surface area contributed by atoms with Crippen molar-refractivity contribution in [2.75, 3.05) is 20.2 Å². The molecule has 1 aromatic carbocycles. The molecule has 1 aliphatic rings. The average molecular weight is 219 g/mol. The molecular weight excluding hydrogens is 198 g/mol. The number of benzene rings is 1. The molecule has 16 heavy (non-hydrogen) atoms. The molecule has 1 atom stereocenters. The highest BCUT2D eigenvalue weighted by atomic mass is 16.5. The SMILES string of the molecule is CNCC(OCCC1CC1)c1ccccc1. The number of hydrogen-bond donors (Lipinski definition) is 1. The number of hydrogen-bond acceptors (Lipinski definition) is 2. The van der Waals surface area contributed by atoms with Crippen LogP contribution in [0.5, 0.6) is 0 Å². The van der Waals surface area contributed by atoms with Gasteiger partial charge in [0.05, 0.1) is 6.10 Å². The van der Waals surface area contributed by atoms with E-state index in [4.69, 9.17) is 4.74 Å². The molecule has 0 spiro atoms. The van der Waals surface area contributed by atoms with Crippen LogP contribution in [0.2, 0.25) is 0 Å². The molecule has 1 saturated carbocycles. The molecule has 1 fully saturated rings. The first-order valence-corrected chi connectivity index (χ1v) is 6.21. The maximum absolute atomic E-state index is 5.96. The third kappa shape index (κ3) is 3.62. The van der Waals surface area contributed by atoms with Gasteiger partial charge in [0.2, 0.25) is 0 Å². The highest BCUT2D eigenvalue weighted by Gasteiger charge is 2.21. The minimum absolute atomic E-state index is 0.199. The van der Waals surface area contributed by atoms with E-state index < -0.39 is 0 Å². The molecule has 1 aromatic rings. The lowest BCUT2D eigenvalue weighted by Gasteiger charge is -2.18. The van der Waals surface area contributed by atoms with Gasteiger partial charge < -0.3 is 10.1 Å². The third-order valence-corrected chi connectivity index (χ3v) is 3.10. The van der Waals surface area contributed by atoms with Crippen LogP contribution < -0.4 is 5.32 Å². The topological polar surface area (TPSA) is 21.3 Å². The Hall–Kier alpha value is -0.860. The monoisotopic (exact) mass is 219 g/mol. The lowest BCUT2D eigenvalue weighted by Crippen LogP contribution is -2.20. The predicted octanol–water partition coefficient (Wildman–Crippen LogP) is 2.76. The van der Waals surface area contributed by atoms with Crippen LogP contribution in [0.3, 0.4) is 0 Å². The van der Waals surface area contributed by atoms with E-state index in [1.54, 1.807) is 0 Å². The summed E-state index contributed by atoms with van der Waals surface area (Å²) in [7, 11) is 1.97. The number of ether oxygens (including phenoxy) is 1. The summed E-state index contributed by atoms with van der Waals surface area (Å²) in [5.41, 5.74) is 1.27. The predicted molar refractivity (Wildman–Crippen MR) is 66.4 cm³/mol. The van der Waals surface area contributed by atoms with Crippen LogP contribution in [-0.2, 0) is 4.74 Å². The molecule has 2 rings (SSSR count). The van der Waals surface area contributed by atoms with E-state index in [0.717, 1.165) is 19.1 Å². The largest absolute Gasteiger partial charge is 0.372 e. The molecule has 1 N–H and O–H groups in total. The van der Waals surface area contributed by atoms with Crippen molar-refractivity contribution >= 4 is 0 Å². The Balaban J connectivity index is 1.83. The fourth-order valence-electron chi connectivity index (χ4n) is 1.91. The zero-order valence-electron chi connectivity index (χ0n) is 9.99. The summed E-state index contributed by atoms with van der Waals surface area (Å²) >= 11 is 0. The van der Waals surface area contributed by atoms with Gasteiger partial charge in [0, 0.05) is 13.2 Å². The van der Waals surface area contributed by atoms with Crippen molar-refractivity contribution in [2.45, 2.75) is 25.4 Å². The van der Waals surface area contributed by atoms with Crippen molar-refractivity contribution in [3.63, 3.8) is 0 Å². The molecule has 0 aromatic heterocycles. The van der Waals surface area contributed by atoms with Gasteiger partial charge in [-0.1, -0.05) is 43.2 Å². The van der Waals surface area contributed by atoms with Gasteiger partial charge in [-0.25, -0.2) is 0 Å². The van der Waals surface area contributed by atoms with E-state index >= 15 is 0 Å². The Kier molecular flexibility index (Phi) is 4.37. The van der Waals surface area contributed by atoms with Crippen molar-refractivity contribution in [3.8, 4) is 0 Å². The van der Waals surface area contributed by atoms with Crippen LogP contribution in [0.4, 0.5) is 0 Å². The average Bonchev–Trinajstić information content (AvgIpc) is 3.13. The summed E-state index contributed by atoms with van der Waals surface area (Å²) in [6.45, 7) is 1.78. The molecule has 0 aliphatic heterocycles. The fourth-order valence-corrected chi connectivity index (χ4v) is 1.91. The van der Waals surface area contributed by atoms with Gasteiger partial charge in [-0.05, 0) is 24.9 Å². The van der Waals surface area contributed by atoms with Gasteiger partial charge in [0.1, 0.15) is 0 Å². The summed E-state index contributed by atoms with van der Waals surface area (Å²) in [4.78, 5) is 0. The molecule has 1 aliphatic carbocycles. The second-order valence-corrected chi connectivity index (χ2v) is 4.56. The van der Waals surface area contributed by atoms with Crippen LogP contribution in [0.25, 0.3) is 0 Å². The summed E-state index contributed by atoms with van der Waals surface area (Å²) in [5, 5.41) is 3.20. The molecular formula is C14H21NO. The van der Waals surface area contributed by atoms with Gasteiger partial charge >= 0.3 is 0 Å². The quantitative estimate of drug-likeness (QED) is 0.761. The minimum atomic E-state index is 0.199. The van der Waals surface area contributed by atoms with Crippen LogP contribution in [-0.4, -0.2) is 20.2 Å². The van der Waals surface area contributed by atoms with Gasteiger partial charge in [-0.2, -0.15) is 0 Å². The van der Waals surface area contributed by atoms with E-state index in [-0.39, 0.29) is 6.10 Å². The molecule has 0 radical (unpaired) electrons. The van der Waals surface area contributed by atoms with Crippen molar-refractivity contribution in [1.82, 2.24) is 5.32 Å². The maximum atomic E-state index is 5.96. The summed E-state index contributed by atoms with van der Waals surface area (Å²) in [6, 6.07) is 10.5. The molecule has 88 valence electrons. The number of nitrogens with one attached hydrogen (secondary N) is 1. The van der Waals surface area contributed by atoms with Crippen LogP contribution in [0.15, 0.2) is 30.3 Å². The third-order valence-electron chi connectivity index (χ3n) is 3.10. The molecule has 2 nitrogen and oxygen atoms in total. The Morgan fingerprint density at radius 1 is 1.31 bits per heavy atom. The molecule has 0 saturated heterocycles. The van der Waals surface area contributed by atoms with Crippen molar-refractivity contribution in [2.24, 2.45) is 5.92 Å². The Bertz CT molecular complexity index is 295. The van der Waals surface area contributed by atoms with Gasteiger partial charge in [0.15, 0.2) is 0 Å². The normalized spacial score (nSPS) is 17.3. The summed E-state index contributed by atoms with van der Waals surface area (Å²) in [6.07, 6.45) is 4.24. The zero-order valence-corrected chi connectivity index (χ0v) is 9.99. The number of rotatable bonds is 7. The maximum Gasteiger partial charge on any atom is 0.0949 e. The van der Waals surface area contributed by atoms with E-state index in [1.165, 1.54) is 24.8 Å². The Morgan fingerprint density at radius 3 is 2.69 bits per heavy atom. The standard InChI is InChI=1S/C14H21NO/c1-15-11-14(13-5-3-2-4-6-13)16-10-9-12-7-8-12/h2-6,12,14-15H,7-11H2,1H3. The summed E-state index contributed by atoms with van der Waals surface area (Å²) in [5.74, 6) is 0.950. The van der Waals surface area contributed by atoms with Gasteiger partial charge in [-0.3, -0.25) is 0 Å². The molecule has 0 bridgehead atoms. The molecule has 0 heterocycles. The van der Waals surface area contributed by atoms with Crippen LogP contribution >= 0.6 is 0 Å². The second kappa shape index (κ2) is 6.02. The lowest BCUT2D eigenvalue weighted by molar-refractivity contribution is 0.0499. The number of likely N-dealkylation sites (N-methyl/N-ethyl adjacent to an activating group) is 1. The Labute approximate surface area is 98.0 Å². The lowest BCUT2D eigenvalue weighted by atomic mass is 10.1. The van der Waals surface area contributed by atoms with E-state index in [2.05, 4.69) is 29.6 Å². The first-order chi connectivity index (χ1) is 7.90. The zero-order chi connectivity index (χ0) is 11.2. The van der Waals surface area contributed by atoms with E-state index in [1.807, 2.05) is 13.1 Å². The van der Waals surface area contributed by atoms with Gasteiger partial charge in [-0.15, -0.1) is 0 Å². The van der Waals surface area contributed by atoms with Crippen molar-refractivity contribution in [3.05, 3.63) is 35.9 Å². The minimum Gasteiger partial charge on any atom is -0.372 e. The smallest absolute Gasteiger partial charge is 0.0949 e. The second-order valence-electron chi connectivity index (χ2n) is 4.56. The van der Waals surface area contributed by atoms with Crippen molar-refractivity contribution in [1.29, 1.82) is 0 Å². The molecule has 1 unspecified atom stereocenters. The Morgan fingerprint density at radius 2 is 2.06 bits per heavy atom. The van der Waals surface area contributed by atoms with E-state index in [9.17, 15) is 0 Å². The summed E-state index contributed by atoms with van der Waals surface area (Å²) < 4.78 is 5.96. The molecule has 0 amide bonds. The van der Waals surface area contributed by atoms with Crippen LogP contribution in [0.1, 0.15) is 30.9 Å². The highest BCUT2D eigenvalue weighted by molar-refractivity contribution is 5.17. The molecule has 2 heteroatoms. The van der Waals surface area contributed by atoms with Crippen molar-refractivity contribution < 1.29 is 4.74 Å². The van der Waals surface area contributed by atoms with E-state index in [0.29, 0.717) is 0 Å². The van der Waals surface area contributed by atoms with Crippen LogP contribution in [0, 0.1) is 5.92 Å². The fraction of sp³-hybridized carbons (Fsp3) is 0.571. The first-order valence-electron chi connectivity index (χ1n) is 6.21. The van der Waals surface area contributed by atoms with Gasteiger partial charge in [0.25, 0.3) is 0 Å².